The zero-order valence-electron chi connectivity index (χ0n) is 11.7. The van der Waals surface area contributed by atoms with Crippen LogP contribution in [0.25, 0.3) is 0 Å². The first-order valence-electron chi connectivity index (χ1n) is 6.88. The standard InChI is InChI=1S/C16H11F4NO2/c17-12-5-9(8-22)6-13(18)15(12)23-11-3-4-21-14(7-11)16(19,20)10-1-2-10/h3-8,10H,1-2H2. The monoisotopic (exact) mass is 325 g/mol. The minimum absolute atomic E-state index is 0.160. The van der Waals surface area contributed by atoms with Gasteiger partial charge in [-0.1, -0.05) is 0 Å². The van der Waals surface area contributed by atoms with E-state index in [2.05, 4.69) is 4.98 Å². The van der Waals surface area contributed by atoms with Gasteiger partial charge >= 0.3 is 0 Å². The van der Waals surface area contributed by atoms with Crippen molar-refractivity contribution in [2.24, 2.45) is 5.92 Å². The number of nitrogens with zero attached hydrogens (tertiary/aromatic N) is 1. The second-order valence-electron chi connectivity index (χ2n) is 5.31. The lowest BCUT2D eigenvalue weighted by Gasteiger charge is -2.16. The second-order valence-corrected chi connectivity index (χ2v) is 5.31. The average molecular weight is 325 g/mol. The summed E-state index contributed by atoms with van der Waals surface area (Å²) in [6, 6.07) is 3.78. The Hall–Kier alpha value is -2.44. The number of hydrogen-bond donors (Lipinski definition) is 0. The van der Waals surface area contributed by atoms with Crippen LogP contribution in [0.3, 0.4) is 0 Å². The number of carbonyl (C=O) groups is 1. The van der Waals surface area contributed by atoms with E-state index in [0.717, 1.165) is 24.4 Å². The Morgan fingerprint density at radius 2 is 1.83 bits per heavy atom. The lowest BCUT2D eigenvalue weighted by molar-refractivity contribution is -0.0330. The highest BCUT2D eigenvalue weighted by molar-refractivity contribution is 5.75. The highest BCUT2D eigenvalue weighted by Crippen LogP contribution is 2.49. The summed E-state index contributed by atoms with van der Waals surface area (Å²) in [5.74, 6) is -6.98. The molecule has 0 radical (unpaired) electrons. The second kappa shape index (κ2) is 5.64. The van der Waals surface area contributed by atoms with Crippen LogP contribution in [0.15, 0.2) is 30.5 Å². The minimum Gasteiger partial charge on any atom is -0.451 e. The zero-order chi connectivity index (χ0) is 16.6. The molecule has 1 saturated carbocycles. The molecule has 0 unspecified atom stereocenters. The number of halogens is 4. The van der Waals surface area contributed by atoms with Crippen molar-refractivity contribution in [3.63, 3.8) is 0 Å². The Bertz CT molecular complexity index is 736. The first-order chi connectivity index (χ1) is 10.9. The van der Waals surface area contributed by atoms with Crippen molar-refractivity contribution in [1.29, 1.82) is 0 Å². The van der Waals surface area contributed by atoms with Crippen molar-refractivity contribution in [3.05, 3.63) is 53.4 Å². The maximum Gasteiger partial charge on any atom is 0.292 e. The van der Waals surface area contributed by atoms with Gasteiger partial charge in [0.1, 0.15) is 17.7 Å². The molecule has 1 fully saturated rings. The lowest BCUT2D eigenvalue weighted by Crippen LogP contribution is -2.17. The van der Waals surface area contributed by atoms with Gasteiger partial charge in [-0.25, -0.2) is 8.78 Å². The molecular formula is C16H11F4NO2. The van der Waals surface area contributed by atoms with E-state index in [1.165, 1.54) is 6.07 Å². The maximum absolute atomic E-state index is 14.0. The summed E-state index contributed by atoms with van der Waals surface area (Å²) in [5, 5.41) is 0. The molecule has 0 N–H and O–H groups in total. The van der Waals surface area contributed by atoms with Gasteiger partial charge < -0.3 is 4.74 Å². The summed E-state index contributed by atoms with van der Waals surface area (Å²) < 4.78 is 60.6. The SMILES string of the molecule is O=Cc1cc(F)c(Oc2ccnc(C(F)(F)C3CC3)c2)c(F)c1. The van der Waals surface area contributed by atoms with E-state index in [9.17, 15) is 22.4 Å². The lowest BCUT2D eigenvalue weighted by atomic mass is 10.1. The molecule has 0 spiro atoms. The van der Waals surface area contributed by atoms with Crippen LogP contribution in [-0.4, -0.2) is 11.3 Å². The van der Waals surface area contributed by atoms with Crippen molar-refractivity contribution < 1.29 is 27.1 Å². The Balaban J connectivity index is 1.91. The fraction of sp³-hybridized carbons (Fsp3) is 0.250. The molecule has 1 aliphatic rings. The molecule has 2 aromatic rings. The molecule has 0 saturated heterocycles. The largest absolute Gasteiger partial charge is 0.451 e. The van der Waals surface area contributed by atoms with Crippen molar-refractivity contribution >= 4 is 6.29 Å². The first kappa shape index (κ1) is 15.5. The van der Waals surface area contributed by atoms with Crippen LogP contribution >= 0.6 is 0 Å². The van der Waals surface area contributed by atoms with Gasteiger partial charge in [-0.3, -0.25) is 9.78 Å². The average Bonchev–Trinajstić information content (AvgIpc) is 3.36. The van der Waals surface area contributed by atoms with Crippen molar-refractivity contribution in [1.82, 2.24) is 4.98 Å². The molecule has 0 amide bonds. The van der Waals surface area contributed by atoms with E-state index in [1.807, 2.05) is 0 Å². The molecule has 0 aliphatic heterocycles. The summed E-state index contributed by atoms with van der Waals surface area (Å²) in [5.41, 5.74) is -0.689. The Kier molecular flexibility index (Phi) is 3.79. The molecule has 1 heterocycles. The van der Waals surface area contributed by atoms with Gasteiger partial charge in [0.25, 0.3) is 5.92 Å². The van der Waals surface area contributed by atoms with Gasteiger partial charge in [0, 0.05) is 23.7 Å². The molecule has 0 bridgehead atoms. The van der Waals surface area contributed by atoms with Gasteiger partial charge in [-0.15, -0.1) is 0 Å². The summed E-state index contributed by atoms with van der Waals surface area (Å²) in [7, 11) is 0. The third-order valence-electron chi connectivity index (χ3n) is 3.54. The molecule has 1 aromatic carbocycles. The highest BCUT2D eigenvalue weighted by atomic mass is 19.3. The molecule has 3 nitrogen and oxygen atoms in total. The van der Waals surface area contributed by atoms with E-state index in [1.54, 1.807) is 0 Å². The Morgan fingerprint density at radius 3 is 2.39 bits per heavy atom. The summed E-state index contributed by atoms with van der Waals surface area (Å²) >= 11 is 0. The summed E-state index contributed by atoms with van der Waals surface area (Å²) in [6.45, 7) is 0. The first-order valence-corrected chi connectivity index (χ1v) is 6.88. The van der Waals surface area contributed by atoms with Crippen molar-refractivity contribution in [2.45, 2.75) is 18.8 Å². The number of aromatic nitrogens is 1. The fourth-order valence-corrected chi connectivity index (χ4v) is 2.17. The molecule has 1 aliphatic carbocycles. The normalized spacial score (nSPS) is 14.6. The van der Waals surface area contributed by atoms with Gasteiger partial charge in [-0.05, 0) is 31.0 Å². The van der Waals surface area contributed by atoms with Gasteiger partial charge in [0.05, 0.1) is 0 Å². The molecule has 120 valence electrons. The number of benzene rings is 1. The van der Waals surface area contributed by atoms with Crippen LogP contribution in [0.4, 0.5) is 17.6 Å². The Labute approximate surface area is 128 Å². The van der Waals surface area contributed by atoms with Crippen molar-refractivity contribution in [2.75, 3.05) is 0 Å². The Morgan fingerprint density at radius 1 is 1.17 bits per heavy atom. The molecule has 23 heavy (non-hydrogen) atoms. The number of alkyl halides is 2. The van der Waals surface area contributed by atoms with Gasteiger partial charge in [0.2, 0.25) is 0 Å². The van der Waals surface area contributed by atoms with E-state index >= 15 is 0 Å². The number of ether oxygens (including phenoxy) is 1. The van der Waals surface area contributed by atoms with Crippen LogP contribution < -0.4 is 4.74 Å². The van der Waals surface area contributed by atoms with Crippen molar-refractivity contribution in [3.8, 4) is 11.5 Å². The molecule has 7 heteroatoms. The molecule has 1 aromatic heterocycles. The molecule has 3 rings (SSSR count). The topological polar surface area (TPSA) is 39.2 Å². The van der Waals surface area contributed by atoms with E-state index < -0.39 is 34.9 Å². The number of pyridine rings is 1. The van der Waals surface area contributed by atoms with Gasteiger partial charge in [0.15, 0.2) is 17.4 Å². The number of aldehydes is 1. The predicted octanol–water partition coefficient (Wildman–Crippen LogP) is 4.47. The number of rotatable bonds is 5. The van der Waals surface area contributed by atoms with Crippen LogP contribution in [0, 0.1) is 17.6 Å². The number of hydrogen-bond acceptors (Lipinski definition) is 3. The van der Waals surface area contributed by atoms with E-state index in [0.29, 0.717) is 12.8 Å². The fourth-order valence-electron chi connectivity index (χ4n) is 2.17. The summed E-state index contributed by atoms with van der Waals surface area (Å²) in [6.07, 6.45) is 2.21. The third-order valence-corrected chi connectivity index (χ3v) is 3.54. The summed E-state index contributed by atoms with van der Waals surface area (Å²) in [4.78, 5) is 14.2. The zero-order valence-corrected chi connectivity index (χ0v) is 11.7. The molecular weight excluding hydrogens is 314 g/mol. The van der Waals surface area contributed by atoms with E-state index in [-0.39, 0.29) is 17.6 Å². The quantitative estimate of drug-likeness (QED) is 0.601. The van der Waals surface area contributed by atoms with Crippen LogP contribution in [0.1, 0.15) is 28.9 Å². The number of carbonyl (C=O) groups excluding carboxylic acids is 1. The third kappa shape index (κ3) is 3.04. The molecule has 0 atom stereocenters. The smallest absolute Gasteiger partial charge is 0.292 e. The highest BCUT2D eigenvalue weighted by Gasteiger charge is 2.49. The van der Waals surface area contributed by atoms with Crippen LogP contribution in [0.2, 0.25) is 0 Å². The van der Waals surface area contributed by atoms with Gasteiger partial charge in [-0.2, -0.15) is 8.78 Å². The maximum atomic E-state index is 14.0. The predicted molar refractivity (Wildman–Crippen MR) is 72.7 cm³/mol. The minimum atomic E-state index is -3.10. The van der Waals surface area contributed by atoms with Crippen LogP contribution in [0.5, 0.6) is 11.5 Å². The van der Waals surface area contributed by atoms with Crippen LogP contribution in [-0.2, 0) is 5.92 Å². The van der Waals surface area contributed by atoms with E-state index in [4.69, 9.17) is 4.74 Å².